The number of nitrogen functional groups attached to an aromatic ring is 1. The average molecular weight is 402 g/mol. The van der Waals surface area contributed by atoms with E-state index in [4.69, 9.17) is 23.1 Å². The molecule has 4 rings (SSSR count). The summed E-state index contributed by atoms with van der Waals surface area (Å²) in [5, 5.41) is 0.809. The molecule has 28 heavy (non-hydrogen) atoms. The number of nitrogens with two attached hydrogens (primary N) is 2. The monoisotopic (exact) mass is 401 g/mol. The van der Waals surface area contributed by atoms with Gasteiger partial charge in [0, 0.05) is 24.0 Å². The van der Waals surface area contributed by atoms with Gasteiger partial charge in [0.15, 0.2) is 0 Å². The van der Waals surface area contributed by atoms with Gasteiger partial charge in [-0.3, -0.25) is 4.79 Å². The van der Waals surface area contributed by atoms with Gasteiger partial charge in [0.1, 0.15) is 0 Å². The van der Waals surface area contributed by atoms with Crippen molar-refractivity contribution in [3.63, 3.8) is 0 Å². The van der Waals surface area contributed by atoms with E-state index in [0.29, 0.717) is 30.3 Å². The number of amides is 1. The number of rotatable bonds is 3. The van der Waals surface area contributed by atoms with E-state index in [1.807, 2.05) is 17.9 Å². The van der Waals surface area contributed by atoms with Crippen molar-refractivity contribution in [2.45, 2.75) is 51.5 Å². The van der Waals surface area contributed by atoms with E-state index in [0.717, 1.165) is 49.3 Å². The number of halogens is 1. The normalized spacial score (nSPS) is 30.2. The van der Waals surface area contributed by atoms with Crippen LogP contribution in [0.5, 0.6) is 0 Å². The van der Waals surface area contributed by atoms with Crippen molar-refractivity contribution in [3.8, 4) is 0 Å². The largest absolute Gasteiger partial charge is 0.368 e. The molecule has 2 aliphatic carbocycles. The summed E-state index contributed by atoms with van der Waals surface area (Å²) in [6.45, 7) is 3.19. The summed E-state index contributed by atoms with van der Waals surface area (Å²) in [5.41, 5.74) is 14.2. The smallest absolute Gasteiger partial charge is 0.257 e. The first-order valence-electron chi connectivity index (χ1n) is 10.1. The molecule has 3 aliphatic rings. The lowest BCUT2D eigenvalue weighted by Crippen LogP contribution is -2.50. The molecular weight excluding hydrogens is 374 g/mol. The van der Waals surface area contributed by atoms with Gasteiger partial charge in [0.05, 0.1) is 17.0 Å². The van der Waals surface area contributed by atoms with Crippen LogP contribution in [0, 0.1) is 18.3 Å². The molecule has 2 heterocycles. The number of aryl methyl sites for hydroxylation is 1. The standard InChI is InChI=1S/C21H28ClN5O/c1-13-18-17(26-20(24)25-13)7-10-27(19(18)28)16-5-8-21(12-23,9-6-16)14-3-2-4-15(22)11-14/h2,4,11,14,16H,3,5-10,12,23H2,1H3,(H2,24,25,26). The van der Waals surface area contributed by atoms with Crippen LogP contribution in [0.4, 0.5) is 5.95 Å². The number of fused-ring (bicyclic) bond motifs is 1. The first-order valence-corrected chi connectivity index (χ1v) is 10.5. The van der Waals surface area contributed by atoms with Crippen LogP contribution >= 0.6 is 11.6 Å². The first-order chi connectivity index (χ1) is 13.4. The molecule has 7 heteroatoms. The van der Waals surface area contributed by atoms with E-state index in [-0.39, 0.29) is 23.3 Å². The van der Waals surface area contributed by atoms with Gasteiger partial charge in [0.2, 0.25) is 5.95 Å². The van der Waals surface area contributed by atoms with Crippen LogP contribution in [0.3, 0.4) is 0 Å². The molecule has 150 valence electrons. The van der Waals surface area contributed by atoms with E-state index >= 15 is 0 Å². The Hall–Kier alpha value is -1.92. The van der Waals surface area contributed by atoms with Crippen LogP contribution in [0.1, 0.15) is 53.8 Å². The highest BCUT2D eigenvalue weighted by molar-refractivity contribution is 6.31. The van der Waals surface area contributed by atoms with Crippen molar-refractivity contribution in [1.29, 1.82) is 0 Å². The highest BCUT2D eigenvalue weighted by atomic mass is 35.5. The Bertz CT molecular complexity index is 841. The van der Waals surface area contributed by atoms with Crippen LogP contribution < -0.4 is 11.5 Å². The minimum atomic E-state index is 0.0486. The lowest BCUT2D eigenvalue weighted by atomic mass is 9.63. The van der Waals surface area contributed by atoms with E-state index in [2.05, 4.69) is 22.1 Å². The molecular formula is C21H28ClN5O. The minimum absolute atomic E-state index is 0.0486. The van der Waals surface area contributed by atoms with Crippen LogP contribution in [0.25, 0.3) is 0 Å². The van der Waals surface area contributed by atoms with Crippen molar-refractivity contribution < 1.29 is 4.79 Å². The summed E-state index contributed by atoms with van der Waals surface area (Å²) in [6.07, 6.45) is 12.0. The van der Waals surface area contributed by atoms with E-state index in [1.54, 1.807) is 0 Å². The summed E-state index contributed by atoms with van der Waals surface area (Å²) in [4.78, 5) is 23.7. The van der Waals surface area contributed by atoms with Gasteiger partial charge in [-0.25, -0.2) is 9.97 Å². The van der Waals surface area contributed by atoms with Crippen molar-refractivity contribution in [2.75, 3.05) is 18.8 Å². The third-order valence-corrected chi connectivity index (χ3v) is 7.11. The number of hydrogen-bond acceptors (Lipinski definition) is 5. The summed E-state index contributed by atoms with van der Waals surface area (Å²) in [6, 6.07) is 0.246. The maximum atomic E-state index is 13.2. The molecule has 1 saturated carbocycles. The molecule has 1 unspecified atom stereocenters. The fraction of sp³-hybridized carbons (Fsp3) is 0.571. The highest BCUT2D eigenvalue weighted by Gasteiger charge is 2.43. The van der Waals surface area contributed by atoms with Gasteiger partial charge < -0.3 is 16.4 Å². The molecule has 1 amide bonds. The number of aromatic nitrogens is 2. The minimum Gasteiger partial charge on any atom is -0.368 e. The molecule has 0 radical (unpaired) electrons. The third kappa shape index (κ3) is 3.33. The molecule has 0 saturated heterocycles. The summed E-state index contributed by atoms with van der Waals surface area (Å²) >= 11 is 6.25. The molecule has 0 spiro atoms. The second-order valence-corrected chi connectivity index (χ2v) is 8.77. The third-order valence-electron chi connectivity index (χ3n) is 6.86. The predicted molar refractivity (Wildman–Crippen MR) is 111 cm³/mol. The zero-order valence-corrected chi connectivity index (χ0v) is 17.1. The number of hydrogen-bond donors (Lipinski definition) is 2. The summed E-state index contributed by atoms with van der Waals surface area (Å²) in [7, 11) is 0. The van der Waals surface area contributed by atoms with Crippen LogP contribution in [0.2, 0.25) is 0 Å². The summed E-state index contributed by atoms with van der Waals surface area (Å²) in [5.74, 6) is 0.677. The molecule has 1 aromatic heterocycles. The van der Waals surface area contributed by atoms with Gasteiger partial charge in [-0.1, -0.05) is 23.8 Å². The van der Waals surface area contributed by atoms with Gasteiger partial charge in [-0.2, -0.15) is 0 Å². The molecule has 4 N–H and O–H groups in total. The lowest BCUT2D eigenvalue weighted by Gasteiger charge is -2.47. The van der Waals surface area contributed by atoms with E-state index in [9.17, 15) is 4.79 Å². The second kappa shape index (κ2) is 7.48. The van der Waals surface area contributed by atoms with Gasteiger partial charge >= 0.3 is 0 Å². The molecule has 0 aromatic carbocycles. The molecule has 1 aromatic rings. The van der Waals surface area contributed by atoms with Gasteiger partial charge in [-0.05, 0) is 63.0 Å². The molecule has 0 bridgehead atoms. The summed E-state index contributed by atoms with van der Waals surface area (Å²) < 4.78 is 0. The van der Waals surface area contributed by atoms with Crippen molar-refractivity contribution in [2.24, 2.45) is 17.1 Å². The maximum Gasteiger partial charge on any atom is 0.257 e. The average Bonchev–Trinajstić information content (AvgIpc) is 2.68. The van der Waals surface area contributed by atoms with Crippen LogP contribution in [-0.4, -0.2) is 39.9 Å². The topological polar surface area (TPSA) is 98.1 Å². The Morgan fingerprint density at radius 1 is 1.32 bits per heavy atom. The highest BCUT2D eigenvalue weighted by Crippen LogP contribution is 2.47. The number of carbonyl (C=O) groups excluding carboxylic acids is 1. The lowest BCUT2D eigenvalue weighted by molar-refractivity contribution is 0.0434. The fourth-order valence-corrected chi connectivity index (χ4v) is 5.46. The first kappa shape index (κ1) is 19.4. The predicted octanol–water partition coefficient (Wildman–Crippen LogP) is 2.95. The quantitative estimate of drug-likeness (QED) is 0.811. The van der Waals surface area contributed by atoms with Crippen molar-refractivity contribution in [1.82, 2.24) is 14.9 Å². The SMILES string of the molecule is Cc1nc(N)nc2c1C(=O)N(C1CCC(CN)(C3C=C(Cl)C=CC3)CC1)CC2. The van der Waals surface area contributed by atoms with Crippen LogP contribution in [-0.2, 0) is 6.42 Å². The maximum absolute atomic E-state index is 13.2. The number of anilines is 1. The molecule has 1 aliphatic heterocycles. The zero-order valence-electron chi connectivity index (χ0n) is 16.3. The Morgan fingerprint density at radius 3 is 2.75 bits per heavy atom. The number of carbonyl (C=O) groups is 1. The number of nitrogens with zero attached hydrogens (tertiary/aromatic N) is 3. The Morgan fingerprint density at radius 2 is 2.07 bits per heavy atom. The zero-order chi connectivity index (χ0) is 19.9. The molecule has 6 nitrogen and oxygen atoms in total. The van der Waals surface area contributed by atoms with Crippen molar-refractivity contribution >= 4 is 23.5 Å². The molecule has 1 fully saturated rings. The Labute approximate surface area is 171 Å². The Balaban J connectivity index is 1.49. The van der Waals surface area contributed by atoms with Gasteiger partial charge in [-0.15, -0.1) is 0 Å². The van der Waals surface area contributed by atoms with Gasteiger partial charge in [0.25, 0.3) is 5.91 Å². The van der Waals surface area contributed by atoms with Crippen LogP contribution in [0.15, 0.2) is 23.3 Å². The van der Waals surface area contributed by atoms with E-state index in [1.165, 1.54) is 0 Å². The van der Waals surface area contributed by atoms with E-state index < -0.39 is 0 Å². The molecule has 1 atom stereocenters. The second-order valence-electron chi connectivity index (χ2n) is 8.33. The Kier molecular flexibility index (Phi) is 5.19. The van der Waals surface area contributed by atoms with Crippen molar-refractivity contribution in [3.05, 3.63) is 40.2 Å². The fourth-order valence-electron chi connectivity index (χ4n) is 5.22. The number of allylic oxidation sites excluding steroid dienone is 4.